The van der Waals surface area contributed by atoms with E-state index in [2.05, 4.69) is 52.4 Å². The van der Waals surface area contributed by atoms with Crippen LogP contribution >= 0.6 is 0 Å². The molecule has 2 aliphatic rings. The summed E-state index contributed by atoms with van der Waals surface area (Å²) in [4.78, 5) is 2.43. The first-order chi connectivity index (χ1) is 10.1. The first-order valence-electron chi connectivity index (χ1n) is 8.25. The average Bonchev–Trinajstić information content (AvgIpc) is 3.04. The molecule has 0 aromatic carbocycles. The van der Waals surface area contributed by atoms with Gasteiger partial charge in [-0.3, -0.25) is 0 Å². The molecule has 1 fully saturated rings. The van der Waals surface area contributed by atoms with Gasteiger partial charge in [-0.2, -0.15) is 5.10 Å². The van der Waals surface area contributed by atoms with Crippen LogP contribution < -0.4 is 10.6 Å². The Balaban J connectivity index is 1.50. The highest BCUT2D eigenvalue weighted by Gasteiger charge is 2.35. The minimum Gasteiger partial charge on any atom is -0.370 e. The SMILES string of the molecule is Cc1cc2n(n1)CC(CNCC1(N(C)C)CCCC1)CN2. The predicted molar refractivity (Wildman–Crippen MR) is 86.7 cm³/mol. The number of anilines is 1. The van der Waals surface area contributed by atoms with E-state index in [-0.39, 0.29) is 0 Å². The smallest absolute Gasteiger partial charge is 0.124 e. The third-order valence-electron chi connectivity index (χ3n) is 5.28. The maximum absolute atomic E-state index is 4.55. The summed E-state index contributed by atoms with van der Waals surface area (Å²) in [5.74, 6) is 1.79. The number of hydrogen-bond donors (Lipinski definition) is 2. The topological polar surface area (TPSA) is 45.1 Å². The van der Waals surface area contributed by atoms with E-state index in [1.54, 1.807) is 0 Å². The molecule has 1 unspecified atom stereocenters. The van der Waals surface area contributed by atoms with Gasteiger partial charge in [0.05, 0.1) is 5.69 Å². The summed E-state index contributed by atoms with van der Waals surface area (Å²) in [7, 11) is 4.46. The molecule has 118 valence electrons. The zero-order chi connectivity index (χ0) is 14.9. The lowest BCUT2D eigenvalue weighted by Crippen LogP contribution is -2.51. The molecule has 0 saturated heterocycles. The van der Waals surface area contributed by atoms with Gasteiger partial charge < -0.3 is 15.5 Å². The van der Waals surface area contributed by atoms with Gasteiger partial charge in [-0.1, -0.05) is 12.8 Å². The fraction of sp³-hybridized carbons (Fsp3) is 0.812. The Labute approximate surface area is 128 Å². The molecule has 1 aromatic rings. The van der Waals surface area contributed by atoms with Gasteiger partial charge in [0.2, 0.25) is 0 Å². The molecule has 5 nitrogen and oxygen atoms in total. The highest BCUT2D eigenvalue weighted by Crippen LogP contribution is 2.33. The van der Waals surface area contributed by atoms with E-state index in [1.165, 1.54) is 31.5 Å². The van der Waals surface area contributed by atoms with Crippen molar-refractivity contribution in [3.63, 3.8) is 0 Å². The Morgan fingerprint density at radius 3 is 2.90 bits per heavy atom. The van der Waals surface area contributed by atoms with Crippen molar-refractivity contribution < 1.29 is 0 Å². The molecule has 2 heterocycles. The molecule has 5 heteroatoms. The van der Waals surface area contributed by atoms with Crippen molar-refractivity contribution >= 4 is 5.82 Å². The van der Waals surface area contributed by atoms with Crippen LogP contribution in [0.2, 0.25) is 0 Å². The standard InChI is InChI=1S/C16H29N5/c1-13-8-15-18-10-14(11-21(15)19-13)9-17-12-16(20(2)3)6-4-5-7-16/h8,14,17-18H,4-7,9-12H2,1-3H3. The van der Waals surface area contributed by atoms with E-state index in [9.17, 15) is 0 Å². The zero-order valence-corrected chi connectivity index (χ0v) is 13.7. The van der Waals surface area contributed by atoms with Crippen LogP contribution in [0.25, 0.3) is 0 Å². The summed E-state index contributed by atoms with van der Waals surface area (Å²) in [5, 5.41) is 11.8. The molecule has 1 aromatic heterocycles. The summed E-state index contributed by atoms with van der Waals surface area (Å²) in [6.07, 6.45) is 5.42. The second kappa shape index (κ2) is 5.97. The van der Waals surface area contributed by atoms with Gasteiger partial charge in [-0.25, -0.2) is 4.68 Å². The maximum atomic E-state index is 4.55. The molecule has 2 N–H and O–H groups in total. The van der Waals surface area contributed by atoms with Crippen molar-refractivity contribution in [2.45, 2.75) is 44.7 Å². The maximum Gasteiger partial charge on any atom is 0.124 e. The van der Waals surface area contributed by atoms with Crippen LogP contribution in [0, 0.1) is 12.8 Å². The first kappa shape index (κ1) is 14.9. The molecule has 3 rings (SSSR count). The predicted octanol–water partition coefficient (Wildman–Crippen LogP) is 1.70. The van der Waals surface area contributed by atoms with Crippen molar-refractivity contribution in [1.29, 1.82) is 0 Å². The molecular weight excluding hydrogens is 262 g/mol. The minimum atomic E-state index is 0.384. The summed E-state index contributed by atoms with van der Waals surface area (Å²) in [5.41, 5.74) is 1.49. The molecule has 1 aliphatic heterocycles. The van der Waals surface area contributed by atoms with Gasteiger partial charge in [-0.05, 0) is 33.9 Å². The van der Waals surface area contributed by atoms with Crippen molar-refractivity contribution in [1.82, 2.24) is 20.0 Å². The van der Waals surface area contributed by atoms with Gasteiger partial charge in [-0.15, -0.1) is 0 Å². The summed E-state index contributed by atoms with van der Waals surface area (Å²) >= 11 is 0. The molecule has 0 amide bonds. The molecule has 1 aliphatic carbocycles. The molecular formula is C16H29N5. The Hall–Kier alpha value is -1.07. The van der Waals surface area contributed by atoms with Gasteiger partial charge >= 0.3 is 0 Å². The highest BCUT2D eigenvalue weighted by atomic mass is 15.3. The lowest BCUT2D eigenvalue weighted by Gasteiger charge is -2.37. The molecule has 0 bridgehead atoms. The average molecular weight is 291 g/mol. The second-order valence-electron chi connectivity index (χ2n) is 7.06. The van der Waals surface area contributed by atoms with Crippen LogP contribution in [0.5, 0.6) is 0 Å². The molecule has 0 radical (unpaired) electrons. The van der Waals surface area contributed by atoms with Gasteiger partial charge in [0.15, 0.2) is 0 Å². The summed E-state index contributed by atoms with van der Waals surface area (Å²) in [6, 6.07) is 2.13. The van der Waals surface area contributed by atoms with Crippen LogP contribution in [0.3, 0.4) is 0 Å². The largest absolute Gasteiger partial charge is 0.370 e. The number of aromatic nitrogens is 2. The number of hydrogen-bond acceptors (Lipinski definition) is 4. The normalized spacial score (nSPS) is 24.1. The van der Waals surface area contributed by atoms with Gasteiger partial charge in [0, 0.05) is 43.7 Å². The van der Waals surface area contributed by atoms with Crippen LogP contribution in [-0.4, -0.2) is 53.9 Å². The lowest BCUT2D eigenvalue weighted by atomic mass is 9.95. The zero-order valence-electron chi connectivity index (χ0n) is 13.7. The Morgan fingerprint density at radius 2 is 2.19 bits per heavy atom. The minimum absolute atomic E-state index is 0.384. The fourth-order valence-electron chi connectivity index (χ4n) is 3.85. The highest BCUT2D eigenvalue weighted by molar-refractivity contribution is 5.38. The van der Waals surface area contributed by atoms with E-state index in [1.807, 2.05) is 0 Å². The number of likely N-dealkylation sites (N-methyl/N-ethyl adjacent to an activating group) is 1. The number of aryl methyl sites for hydroxylation is 1. The van der Waals surface area contributed by atoms with Crippen molar-refractivity contribution in [2.24, 2.45) is 5.92 Å². The van der Waals surface area contributed by atoms with E-state index in [4.69, 9.17) is 0 Å². The quantitative estimate of drug-likeness (QED) is 0.867. The monoisotopic (exact) mass is 291 g/mol. The summed E-state index contributed by atoms with van der Waals surface area (Å²) in [6.45, 7) is 6.31. The molecule has 1 atom stereocenters. The number of rotatable bonds is 5. The van der Waals surface area contributed by atoms with Crippen LogP contribution in [0.4, 0.5) is 5.82 Å². The number of nitrogens with zero attached hydrogens (tertiary/aromatic N) is 3. The third kappa shape index (κ3) is 3.09. The van der Waals surface area contributed by atoms with Crippen LogP contribution in [0.15, 0.2) is 6.07 Å². The van der Waals surface area contributed by atoms with Crippen molar-refractivity contribution in [2.75, 3.05) is 39.0 Å². The van der Waals surface area contributed by atoms with Crippen LogP contribution in [-0.2, 0) is 6.54 Å². The Bertz CT molecular complexity index is 473. The first-order valence-corrected chi connectivity index (χ1v) is 8.25. The number of fused-ring (bicyclic) bond motifs is 1. The van der Waals surface area contributed by atoms with Crippen molar-refractivity contribution in [3.8, 4) is 0 Å². The fourth-order valence-corrected chi connectivity index (χ4v) is 3.85. The Kier molecular flexibility index (Phi) is 4.22. The van der Waals surface area contributed by atoms with E-state index in [0.29, 0.717) is 11.5 Å². The van der Waals surface area contributed by atoms with Crippen molar-refractivity contribution in [3.05, 3.63) is 11.8 Å². The van der Waals surface area contributed by atoms with E-state index >= 15 is 0 Å². The van der Waals surface area contributed by atoms with Crippen LogP contribution in [0.1, 0.15) is 31.4 Å². The third-order valence-corrected chi connectivity index (χ3v) is 5.28. The Morgan fingerprint density at radius 1 is 1.43 bits per heavy atom. The molecule has 1 saturated carbocycles. The second-order valence-corrected chi connectivity index (χ2v) is 7.06. The summed E-state index contributed by atoms with van der Waals surface area (Å²) < 4.78 is 2.11. The van der Waals surface area contributed by atoms with Gasteiger partial charge in [0.1, 0.15) is 5.82 Å². The van der Waals surface area contributed by atoms with Gasteiger partial charge in [0.25, 0.3) is 0 Å². The van der Waals surface area contributed by atoms with E-state index < -0.39 is 0 Å². The lowest BCUT2D eigenvalue weighted by molar-refractivity contribution is 0.151. The molecule has 21 heavy (non-hydrogen) atoms. The number of nitrogens with one attached hydrogen (secondary N) is 2. The molecule has 0 spiro atoms. The van der Waals surface area contributed by atoms with E-state index in [0.717, 1.165) is 31.9 Å².